The minimum atomic E-state index is -1.59. The number of hydrogen-bond acceptors (Lipinski definition) is 6. The maximum atomic E-state index is 12.6. The summed E-state index contributed by atoms with van der Waals surface area (Å²) in [5, 5.41) is 10.4. The zero-order valence-electron chi connectivity index (χ0n) is 15.1. The molecule has 140 valence electrons. The first-order valence-corrected chi connectivity index (χ1v) is 7.96. The smallest absolute Gasteiger partial charge is 0.330 e. The molecule has 2 aromatic heterocycles. The van der Waals surface area contributed by atoms with Crippen LogP contribution in [-0.2, 0) is 39.3 Å². The largest absolute Gasteiger partial charge is 0.364 e. The van der Waals surface area contributed by atoms with Gasteiger partial charge in [-0.05, 0) is 6.92 Å². The van der Waals surface area contributed by atoms with E-state index in [1.165, 1.54) is 37.3 Å². The normalized spacial score (nSPS) is 19.5. The fourth-order valence-electron chi connectivity index (χ4n) is 3.37. The van der Waals surface area contributed by atoms with Crippen LogP contribution in [0, 0.1) is 6.92 Å². The van der Waals surface area contributed by atoms with Crippen LogP contribution < -0.4 is 22.5 Å². The van der Waals surface area contributed by atoms with Crippen LogP contribution in [0.15, 0.2) is 19.2 Å². The van der Waals surface area contributed by atoms with Gasteiger partial charge in [0.15, 0.2) is 6.29 Å². The molecule has 1 aliphatic rings. The Hall–Kier alpha value is -2.72. The molecule has 0 amide bonds. The van der Waals surface area contributed by atoms with Crippen LogP contribution in [0.3, 0.4) is 0 Å². The molecule has 0 saturated carbocycles. The van der Waals surface area contributed by atoms with Gasteiger partial charge in [-0.15, -0.1) is 0 Å². The van der Waals surface area contributed by atoms with Crippen molar-refractivity contribution in [2.24, 2.45) is 28.2 Å². The Bertz CT molecular complexity index is 1150. The number of aliphatic hydroxyl groups excluding tert-OH is 1. The molecule has 10 heteroatoms. The van der Waals surface area contributed by atoms with Crippen molar-refractivity contribution in [3.05, 3.63) is 64.2 Å². The van der Waals surface area contributed by atoms with E-state index in [1.807, 2.05) is 0 Å². The van der Waals surface area contributed by atoms with Crippen LogP contribution in [0.25, 0.3) is 0 Å². The number of fused-ring (bicyclic) bond motifs is 1. The van der Waals surface area contributed by atoms with Crippen molar-refractivity contribution in [1.29, 1.82) is 0 Å². The number of aromatic nitrogens is 4. The Morgan fingerprint density at radius 3 is 1.92 bits per heavy atom. The lowest BCUT2D eigenvalue weighted by Gasteiger charge is -2.31. The van der Waals surface area contributed by atoms with Crippen molar-refractivity contribution >= 4 is 0 Å². The van der Waals surface area contributed by atoms with Crippen molar-refractivity contribution in [3.63, 3.8) is 0 Å². The van der Waals surface area contributed by atoms with Crippen LogP contribution in [0.5, 0.6) is 0 Å². The van der Waals surface area contributed by atoms with Gasteiger partial charge >= 0.3 is 11.4 Å². The number of aliphatic hydroxyl groups is 1. The predicted molar refractivity (Wildman–Crippen MR) is 91.1 cm³/mol. The molecular weight excluding hydrogens is 344 g/mol. The van der Waals surface area contributed by atoms with E-state index in [4.69, 9.17) is 4.74 Å². The fourth-order valence-corrected chi connectivity index (χ4v) is 3.37. The van der Waals surface area contributed by atoms with Gasteiger partial charge in [0, 0.05) is 46.0 Å². The molecule has 0 radical (unpaired) electrons. The van der Waals surface area contributed by atoms with Gasteiger partial charge in [-0.25, -0.2) is 9.59 Å². The molecule has 0 fully saturated rings. The molecule has 1 N–H and O–H groups in total. The third-order valence-corrected chi connectivity index (χ3v) is 5.07. The summed E-state index contributed by atoms with van der Waals surface area (Å²) in [6, 6.07) is 0. The molecule has 26 heavy (non-hydrogen) atoms. The maximum absolute atomic E-state index is 12.6. The average Bonchev–Trinajstić information content (AvgIpc) is 2.61. The number of rotatable bonds is 1. The number of hydrogen-bond donors (Lipinski definition) is 1. The van der Waals surface area contributed by atoms with Crippen LogP contribution in [0.2, 0.25) is 0 Å². The van der Waals surface area contributed by atoms with Crippen LogP contribution in [0.4, 0.5) is 0 Å². The Morgan fingerprint density at radius 2 is 1.35 bits per heavy atom. The van der Waals surface area contributed by atoms with Gasteiger partial charge < -0.3 is 19.0 Å². The molecule has 0 saturated heterocycles. The molecule has 0 bridgehead atoms. The molecule has 2 atom stereocenters. The second-order valence-electron chi connectivity index (χ2n) is 6.45. The molecule has 0 aromatic carbocycles. The maximum Gasteiger partial charge on any atom is 0.330 e. The molecule has 3 rings (SSSR count). The van der Waals surface area contributed by atoms with Crippen molar-refractivity contribution in [1.82, 2.24) is 18.3 Å². The second-order valence-corrected chi connectivity index (χ2v) is 6.45. The molecule has 10 nitrogen and oxygen atoms in total. The molecule has 0 unspecified atom stereocenters. The zero-order chi connectivity index (χ0) is 19.5. The molecule has 2 aromatic rings. The van der Waals surface area contributed by atoms with E-state index in [2.05, 4.69) is 0 Å². The Kier molecular flexibility index (Phi) is 4.12. The lowest BCUT2D eigenvalue weighted by molar-refractivity contribution is -0.154. The number of ether oxygens (including phenoxy) is 1. The second kappa shape index (κ2) is 5.92. The van der Waals surface area contributed by atoms with Crippen LogP contribution in [0.1, 0.15) is 34.9 Å². The summed E-state index contributed by atoms with van der Waals surface area (Å²) in [6.07, 6.45) is -2.45. The molecule has 3 heterocycles. The van der Waals surface area contributed by atoms with Crippen molar-refractivity contribution in [3.8, 4) is 0 Å². The molecule has 0 spiro atoms. The van der Waals surface area contributed by atoms with Gasteiger partial charge in [-0.2, -0.15) is 0 Å². The minimum absolute atomic E-state index is 0.0230. The van der Waals surface area contributed by atoms with E-state index in [9.17, 15) is 24.3 Å². The SMILES string of the molecule is Cc1c([C@H]2Cc3c(c(=O)n(C)c(=O)n3C)[C@@H](O)O2)c(=O)n(C)c(=O)n1C. The van der Waals surface area contributed by atoms with E-state index in [0.29, 0.717) is 11.4 Å². The fraction of sp³-hybridized carbons (Fsp3) is 0.500. The summed E-state index contributed by atoms with van der Waals surface area (Å²) in [7, 11) is 5.68. The Balaban J connectivity index is 2.27. The van der Waals surface area contributed by atoms with Crippen LogP contribution >= 0.6 is 0 Å². The summed E-state index contributed by atoms with van der Waals surface area (Å²) in [4.78, 5) is 49.2. The molecule has 0 aliphatic carbocycles. The summed E-state index contributed by atoms with van der Waals surface area (Å²) in [5.74, 6) is 0. The van der Waals surface area contributed by atoms with E-state index in [0.717, 1.165) is 9.13 Å². The topological polar surface area (TPSA) is 117 Å². The summed E-state index contributed by atoms with van der Waals surface area (Å²) < 4.78 is 9.96. The predicted octanol–water partition coefficient (Wildman–Crippen LogP) is -1.91. The zero-order valence-corrected chi connectivity index (χ0v) is 15.1. The van der Waals surface area contributed by atoms with E-state index in [1.54, 1.807) is 6.92 Å². The standard InChI is InChI=1S/C16H20N4O6/c1-7-10(12(21)19(4)15(24)17(7)2)9-6-8-11(14(23)26-9)13(22)20(5)16(25)18(8)3/h9,14,23H,6H2,1-5H3/t9-,14+/m1/s1. The van der Waals surface area contributed by atoms with Gasteiger partial charge in [-0.3, -0.25) is 18.7 Å². The summed E-state index contributed by atoms with van der Waals surface area (Å²) in [5.41, 5.74) is -1.32. The summed E-state index contributed by atoms with van der Waals surface area (Å²) in [6.45, 7) is 1.60. The lowest BCUT2D eigenvalue weighted by atomic mass is 9.98. The first-order chi connectivity index (χ1) is 12.1. The van der Waals surface area contributed by atoms with Gasteiger partial charge in [0.05, 0.1) is 17.2 Å². The first-order valence-electron chi connectivity index (χ1n) is 7.96. The van der Waals surface area contributed by atoms with Crippen molar-refractivity contribution in [2.75, 3.05) is 0 Å². The third kappa shape index (κ3) is 2.33. The average molecular weight is 364 g/mol. The Morgan fingerprint density at radius 1 is 0.846 bits per heavy atom. The minimum Gasteiger partial charge on any atom is -0.364 e. The lowest BCUT2D eigenvalue weighted by Crippen LogP contribution is -2.46. The number of nitrogens with zero attached hydrogens (tertiary/aromatic N) is 4. The van der Waals surface area contributed by atoms with Crippen molar-refractivity contribution < 1.29 is 9.84 Å². The van der Waals surface area contributed by atoms with Gasteiger partial charge in [0.2, 0.25) is 0 Å². The van der Waals surface area contributed by atoms with E-state index in [-0.39, 0.29) is 17.5 Å². The monoisotopic (exact) mass is 364 g/mol. The highest BCUT2D eigenvalue weighted by Crippen LogP contribution is 2.33. The van der Waals surface area contributed by atoms with Crippen LogP contribution in [-0.4, -0.2) is 23.4 Å². The summed E-state index contributed by atoms with van der Waals surface area (Å²) >= 11 is 0. The van der Waals surface area contributed by atoms with Crippen molar-refractivity contribution in [2.45, 2.75) is 25.7 Å². The Labute approximate surface area is 147 Å². The molecular formula is C16H20N4O6. The highest BCUT2D eigenvalue weighted by molar-refractivity contribution is 5.28. The highest BCUT2D eigenvalue weighted by Gasteiger charge is 2.35. The first kappa shape index (κ1) is 18.1. The van der Waals surface area contributed by atoms with E-state index < -0.39 is 34.9 Å². The van der Waals surface area contributed by atoms with Gasteiger partial charge in [0.1, 0.15) is 0 Å². The quantitative estimate of drug-likeness (QED) is 0.631. The highest BCUT2D eigenvalue weighted by atomic mass is 16.6. The third-order valence-electron chi connectivity index (χ3n) is 5.07. The van der Waals surface area contributed by atoms with Gasteiger partial charge in [0.25, 0.3) is 11.1 Å². The van der Waals surface area contributed by atoms with Gasteiger partial charge in [-0.1, -0.05) is 0 Å². The van der Waals surface area contributed by atoms with E-state index >= 15 is 0 Å². The molecule has 1 aliphatic heterocycles.